The third kappa shape index (κ3) is 4.28. The van der Waals surface area contributed by atoms with E-state index in [0.717, 1.165) is 16.9 Å². The van der Waals surface area contributed by atoms with Crippen LogP contribution in [0.25, 0.3) is 10.9 Å². The van der Waals surface area contributed by atoms with E-state index >= 15 is 0 Å². The molecule has 0 fully saturated rings. The average molecular weight is 421 g/mol. The first kappa shape index (κ1) is 20.6. The maximum absolute atomic E-state index is 12.6. The Morgan fingerprint density at radius 3 is 2.90 bits per heavy atom. The molecule has 0 saturated heterocycles. The summed E-state index contributed by atoms with van der Waals surface area (Å²) < 4.78 is 12.1. The Morgan fingerprint density at radius 1 is 1.26 bits per heavy atom. The number of nitrogens with zero attached hydrogens (tertiary/aromatic N) is 2. The van der Waals surface area contributed by atoms with Gasteiger partial charge in [-0.05, 0) is 31.5 Å². The van der Waals surface area contributed by atoms with E-state index in [2.05, 4.69) is 10.3 Å². The zero-order chi connectivity index (χ0) is 22.0. The van der Waals surface area contributed by atoms with Crippen LogP contribution in [0.15, 0.2) is 53.6 Å². The van der Waals surface area contributed by atoms with Crippen LogP contribution in [-0.4, -0.2) is 34.1 Å². The van der Waals surface area contributed by atoms with Crippen LogP contribution in [0.1, 0.15) is 30.5 Å². The number of hydrogen-bond acceptors (Lipinski definition) is 6. The first-order valence-corrected chi connectivity index (χ1v) is 10.1. The number of rotatable bonds is 5. The number of carbonyl (C=O) groups is 2. The van der Waals surface area contributed by atoms with Crippen molar-refractivity contribution in [2.24, 2.45) is 0 Å². The van der Waals surface area contributed by atoms with Crippen molar-refractivity contribution in [1.82, 2.24) is 14.9 Å². The van der Waals surface area contributed by atoms with E-state index in [1.165, 1.54) is 17.8 Å². The summed E-state index contributed by atoms with van der Waals surface area (Å²) in [5.74, 6) is -0.359. The average Bonchev–Trinajstić information content (AvgIpc) is 2.76. The van der Waals surface area contributed by atoms with Crippen molar-refractivity contribution >= 4 is 22.8 Å². The molecule has 0 bridgehead atoms. The molecule has 0 radical (unpaired) electrons. The lowest BCUT2D eigenvalue weighted by Crippen LogP contribution is -2.40. The fourth-order valence-electron chi connectivity index (χ4n) is 3.66. The Morgan fingerprint density at radius 2 is 2.06 bits per heavy atom. The van der Waals surface area contributed by atoms with Crippen molar-refractivity contribution in [2.45, 2.75) is 39.0 Å². The lowest BCUT2D eigenvalue weighted by Gasteiger charge is -2.27. The topological polar surface area (TPSA) is 99.5 Å². The van der Waals surface area contributed by atoms with Crippen LogP contribution in [0.2, 0.25) is 0 Å². The SMILES string of the molecule is Cc1cccc2c(=O)n(CC(=O)OC(C)C(=O)NC3CCOc4ccccc43)cnc12. The van der Waals surface area contributed by atoms with Gasteiger partial charge in [0.25, 0.3) is 11.5 Å². The number of ether oxygens (including phenoxy) is 2. The molecule has 1 amide bonds. The van der Waals surface area contributed by atoms with Gasteiger partial charge in [-0.3, -0.25) is 19.0 Å². The van der Waals surface area contributed by atoms with E-state index in [1.54, 1.807) is 12.1 Å². The van der Waals surface area contributed by atoms with Crippen molar-refractivity contribution in [3.8, 4) is 5.75 Å². The Balaban J connectivity index is 1.40. The zero-order valence-electron chi connectivity index (χ0n) is 17.3. The predicted molar refractivity (Wildman–Crippen MR) is 114 cm³/mol. The molecule has 2 unspecified atom stereocenters. The van der Waals surface area contributed by atoms with Gasteiger partial charge in [-0.25, -0.2) is 4.98 Å². The smallest absolute Gasteiger partial charge is 0.326 e. The van der Waals surface area contributed by atoms with E-state index in [0.29, 0.717) is 23.9 Å². The highest BCUT2D eigenvalue weighted by atomic mass is 16.5. The molecular weight excluding hydrogens is 398 g/mol. The third-order valence-corrected chi connectivity index (χ3v) is 5.31. The van der Waals surface area contributed by atoms with Gasteiger partial charge in [0.05, 0.1) is 29.9 Å². The van der Waals surface area contributed by atoms with Crippen LogP contribution in [0.3, 0.4) is 0 Å². The van der Waals surface area contributed by atoms with E-state index in [4.69, 9.17) is 9.47 Å². The number of aromatic nitrogens is 2. The second-order valence-corrected chi connectivity index (χ2v) is 7.52. The standard InChI is InChI=1S/C23H23N3O5/c1-14-6-5-8-17-21(14)24-13-26(23(17)29)12-20(27)31-15(2)22(28)25-18-10-11-30-19-9-4-3-7-16(18)19/h3-9,13,15,18H,10-12H2,1-2H3,(H,25,28). The number of esters is 1. The summed E-state index contributed by atoms with van der Waals surface area (Å²) in [4.78, 5) is 41.9. The minimum Gasteiger partial charge on any atom is -0.493 e. The van der Waals surface area contributed by atoms with Gasteiger partial charge in [-0.1, -0.05) is 30.3 Å². The molecule has 1 aliphatic rings. The van der Waals surface area contributed by atoms with Gasteiger partial charge in [0, 0.05) is 12.0 Å². The number of aryl methyl sites for hydroxylation is 1. The number of hydrogen-bond donors (Lipinski definition) is 1. The van der Waals surface area contributed by atoms with Crippen LogP contribution in [0, 0.1) is 6.92 Å². The van der Waals surface area contributed by atoms with Crippen LogP contribution in [0.5, 0.6) is 5.75 Å². The number of fused-ring (bicyclic) bond motifs is 2. The van der Waals surface area contributed by atoms with E-state index in [-0.39, 0.29) is 18.1 Å². The number of benzene rings is 2. The van der Waals surface area contributed by atoms with Gasteiger partial charge in [-0.2, -0.15) is 0 Å². The number of nitrogens with one attached hydrogen (secondary N) is 1. The van der Waals surface area contributed by atoms with E-state index in [1.807, 2.05) is 37.3 Å². The summed E-state index contributed by atoms with van der Waals surface area (Å²) in [5, 5.41) is 3.34. The van der Waals surface area contributed by atoms with Crippen molar-refractivity contribution in [2.75, 3.05) is 6.61 Å². The summed E-state index contributed by atoms with van der Waals surface area (Å²) in [7, 11) is 0. The van der Waals surface area contributed by atoms with Crippen molar-refractivity contribution in [1.29, 1.82) is 0 Å². The molecule has 2 heterocycles. The van der Waals surface area contributed by atoms with Gasteiger partial charge < -0.3 is 14.8 Å². The molecule has 1 aromatic heterocycles. The molecule has 4 rings (SSSR count). The molecule has 31 heavy (non-hydrogen) atoms. The van der Waals surface area contributed by atoms with Crippen molar-refractivity contribution in [3.63, 3.8) is 0 Å². The summed E-state index contributed by atoms with van der Waals surface area (Å²) >= 11 is 0. The lowest BCUT2D eigenvalue weighted by atomic mass is 10.0. The summed E-state index contributed by atoms with van der Waals surface area (Å²) in [6.07, 6.45) is 0.942. The van der Waals surface area contributed by atoms with Crippen LogP contribution < -0.4 is 15.6 Å². The van der Waals surface area contributed by atoms with Crippen molar-refractivity contribution in [3.05, 3.63) is 70.3 Å². The van der Waals surface area contributed by atoms with Crippen LogP contribution in [0.4, 0.5) is 0 Å². The van der Waals surface area contributed by atoms with Gasteiger partial charge >= 0.3 is 5.97 Å². The molecule has 1 N–H and O–H groups in total. The minimum absolute atomic E-state index is 0.214. The molecule has 3 aromatic rings. The van der Waals surface area contributed by atoms with E-state index < -0.39 is 18.0 Å². The van der Waals surface area contributed by atoms with Crippen LogP contribution in [-0.2, 0) is 20.9 Å². The lowest BCUT2D eigenvalue weighted by molar-refractivity contribution is -0.155. The fourth-order valence-corrected chi connectivity index (χ4v) is 3.66. The Bertz CT molecular complexity index is 1200. The first-order valence-electron chi connectivity index (χ1n) is 10.1. The van der Waals surface area contributed by atoms with Crippen molar-refractivity contribution < 1.29 is 19.1 Å². The molecule has 0 saturated carbocycles. The summed E-state index contributed by atoms with van der Waals surface area (Å²) in [5.41, 5.74) is 2.04. The van der Waals surface area contributed by atoms with E-state index in [9.17, 15) is 14.4 Å². The Labute approximate surface area is 178 Å². The first-order chi connectivity index (χ1) is 14.9. The number of para-hydroxylation sites is 2. The fraction of sp³-hybridized carbons (Fsp3) is 0.304. The zero-order valence-corrected chi connectivity index (χ0v) is 17.3. The quantitative estimate of drug-likeness (QED) is 0.635. The second-order valence-electron chi connectivity index (χ2n) is 7.52. The Kier molecular flexibility index (Phi) is 5.70. The monoisotopic (exact) mass is 421 g/mol. The predicted octanol–water partition coefficient (Wildman–Crippen LogP) is 2.28. The molecule has 2 aromatic carbocycles. The molecule has 0 spiro atoms. The molecule has 8 nitrogen and oxygen atoms in total. The second kappa shape index (κ2) is 8.59. The highest BCUT2D eigenvalue weighted by Crippen LogP contribution is 2.31. The number of amides is 1. The molecule has 8 heteroatoms. The number of carbonyl (C=O) groups excluding carboxylic acids is 2. The van der Waals surface area contributed by atoms with Gasteiger partial charge in [0.15, 0.2) is 6.10 Å². The largest absolute Gasteiger partial charge is 0.493 e. The molecule has 1 aliphatic heterocycles. The molecule has 160 valence electrons. The van der Waals surface area contributed by atoms with Crippen LogP contribution >= 0.6 is 0 Å². The van der Waals surface area contributed by atoms with Gasteiger partial charge in [-0.15, -0.1) is 0 Å². The summed E-state index contributed by atoms with van der Waals surface area (Å²) in [6, 6.07) is 12.6. The maximum Gasteiger partial charge on any atom is 0.326 e. The summed E-state index contributed by atoms with van der Waals surface area (Å²) in [6.45, 7) is 3.54. The Hall–Kier alpha value is -3.68. The highest BCUT2D eigenvalue weighted by Gasteiger charge is 2.26. The normalized spacial score (nSPS) is 16.1. The maximum atomic E-state index is 12.6. The third-order valence-electron chi connectivity index (χ3n) is 5.31. The van der Waals surface area contributed by atoms with Gasteiger partial charge in [0.1, 0.15) is 12.3 Å². The molecule has 2 atom stereocenters. The van der Waals surface area contributed by atoms with Gasteiger partial charge in [0.2, 0.25) is 0 Å². The molecule has 0 aliphatic carbocycles. The minimum atomic E-state index is -1.01. The highest BCUT2D eigenvalue weighted by molar-refractivity contribution is 5.84. The molecular formula is C23H23N3O5.